The molecule has 31 heavy (non-hydrogen) atoms. The van der Waals surface area contributed by atoms with E-state index in [9.17, 15) is 19.7 Å². The highest BCUT2D eigenvalue weighted by molar-refractivity contribution is 9.10. The second-order valence-corrected chi connectivity index (χ2v) is 7.94. The number of nitro groups is 1. The van der Waals surface area contributed by atoms with Crippen LogP contribution >= 0.6 is 15.9 Å². The van der Waals surface area contributed by atoms with Crippen LogP contribution in [0.2, 0.25) is 0 Å². The zero-order valence-electron chi connectivity index (χ0n) is 16.7. The minimum Gasteiger partial charge on any atom is -0.306 e. The summed E-state index contributed by atoms with van der Waals surface area (Å²) in [7, 11) is 0. The maximum absolute atomic E-state index is 13.0. The second-order valence-electron chi connectivity index (χ2n) is 7.09. The molecule has 4 aromatic rings. The molecule has 0 radical (unpaired) electrons. The van der Waals surface area contributed by atoms with Gasteiger partial charge in [0.1, 0.15) is 5.69 Å². The number of nitro benzene ring substituents is 1. The Labute approximate surface area is 182 Å². The number of H-pyrrole nitrogens is 3. The van der Waals surface area contributed by atoms with Gasteiger partial charge in [-0.25, -0.2) is 14.5 Å². The van der Waals surface area contributed by atoms with E-state index >= 15 is 0 Å². The summed E-state index contributed by atoms with van der Waals surface area (Å²) in [6, 6.07) is 6.32. The molecule has 0 aliphatic rings. The molecule has 0 bridgehead atoms. The number of imidazole rings is 1. The molecule has 11 heteroatoms. The third-order valence-electron chi connectivity index (χ3n) is 5.19. The van der Waals surface area contributed by atoms with Gasteiger partial charge < -0.3 is 9.97 Å². The number of benzene rings is 2. The van der Waals surface area contributed by atoms with E-state index in [4.69, 9.17) is 0 Å². The topological polar surface area (TPSA) is 142 Å². The molecule has 2 aromatic carbocycles. The lowest BCUT2D eigenvalue weighted by Gasteiger charge is -2.10. The number of aromatic nitrogens is 4. The molecule has 0 aliphatic carbocycles. The van der Waals surface area contributed by atoms with Crippen LogP contribution in [-0.4, -0.2) is 30.9 Å². The molecule has 0 fully saturated rings. The van der Waals surface area contributed by atoms with Crippen LogP contribution in [0.5, 0.6) is 0 Å². The Morgan fingerprint density at radius 1 is 1.10 bits per heavy atom. The van der Waals surface area contributed by atoms with Gasteiger partial charge >= 0.3 is 5.69 Å². The van der Waals surface area contributed by atoms with Crippen LogP contribution < -0.4 is 11.2 Å². The van der Waals surface area contributed by atoms with Crippen LogP contribution in [0.4, 0.5) is 11.4 Å². The van der Waals surface area contributed by atoms with Crippen molar-refractivity contribution in [3.05, 3.63) is 82.1 Å². The third-order valence-corrected chi connectivity index (χ3v) is 6.05. The first-order valence-corrected chi connectivity index (χ1v) is 9.99. The standard InChI is InChI=1S/C20H17BrN6O4/c1-9-10(2)17(5-4-13(9)21)26-19(28)12(11(3)25-26)8-22-16-6-14-15(24-20(29)23-14)7-18(16)27(30)31/h4-8,25H,1-3H3,(H2,23,24,29). The van der Waals surface area contributed by atoms with Gasteiger partial charge in [0, 0.05) is 22.4 Å². The van der Waals surface area contributed by atoms with E-state index in [0.717, 1.165) is 15.6 Å². The summed E-state index contributed by atoms with van der Waals surface area (Å²) in [6.07, 6.45) is 1.30. The molecular formula is C20H17BrN6O4. The second kappa shape index (κ2) is 7.51. The molecule has 4 rings (SSSR count). The minimum atomic E-state index is -0.590. The van der Waals surface area contributed by atoms with E-state index < -0.39 is 10.6 Å². The summed E-state index contributed by atoms with van der Waals surface area (Å²) in [5.41, 5.74) is 3.09. The van der Waals surface area contributed by atoms with Gasteiger partial charge in [-0.3, -0.25) is 20.0 Å². The first-order valence-electron chi connectivity index (χ1n) is 9.19. The molecule has 0 atom stereocenters. The maximum atomic E-state index is 13.0. The number of fused-ring (bicyclic) bond motifs is 1. The average molecular weight is 485 g/mol. The number of aromatic amines is 3. The Morgan fingerprint density at radius 3 is 2.45 bits per heavy atom. The van der Waals surface area contributed by atoms with Gasteiger partial charge in [0.25, 0.3) is 11.2 Å². The van der Waals surface area contributed by atoms with Gasteiger partial charge in [-0.15, -0.1) is 0 Å². The van der Waals surface area contributed by atoms with Crippen molar-refractivity contribution in [3.8, 4) is 5.69 Å². The van der Waals surface area contributed by atoms with E-state index in [1.54, 1.807) is 6.92 Å². The van der Waals surface area contributed by atoms with Gasteiger partial charge in [0.2, 0.25) is 0 Å². The molecule has 2 aromatic heterocycles. The molecular weight excluding hydrogens is 468 g/mol. The summed E-state index contributed by atoms with van der Waals surface area (Å²) in [5, 5.41) is 14.5. The Morgan fingerprint density at radius 2 is 1.77 bits per heavy atom. The monoisotopic (exact) mass is 484 g/mol. The Hall–Kier alpha value is -3.73. The highest BCUT2D eigenvalue weighted by Gasteiger charge is 2.18. The van der Waals surface area contributed by atoms with Crippen LogP contribution in [0.1, 0.15) is 22.4 Å². The predicted octanol–water partition coefficient (Wildman–Crippen LogP) is 3.68. The van der Waals surface area contributed by atoms with Gasteiger partial charge in [-0.1, -0.05) is 15.9 Å². The van der Waals surface area contributed by atoms with Crippen molar-refractivity contribution in [2.45, 2.75) is 20.8 Å². The summed E-state index contributed by atoms with van der Waals surface area (Å²) in [4.78, 5) is 44.6. The van der Waals surface area contributed by atoms with Crippen molar-refractivity contribution in [3.63, 3.8) is 0 Å². The van der Waals surface area contributed by atoms with E-state index in [1.165, 1.54) is 23.0 Å². The lowest BCUT2D eigenvalue weighted by molar-refractivity contribution is -0.383. The van der Waals surface area contributed by atoms with Crippen molar-refractivity contribution in [1.29, 1.82) is 0 Å². The number of hydrogen-bond donors (Lipinski definition) is 3. The van der Waals surface area contributed by atoms with E-state index in [-0.39, 0.29) is 22.5 Å². The Bertz CT molecular complexity index is 1500. The maximum Gasteiger partial charge on any atom is 0.323 e. The normalized spacial score (nSPS) is 11.6. The highest BCUT2D eigenvalue weighted by Crippen LogP contribution is 2.30. The van der Waals surface area contributed by atoms with Crippen molar-refractivity contribution in [2.24, 2.45) is 4.99 Å². The molecule has 0 saturated carbocycles. The zero-order chi connectivity index (χ0) is 22.4. The summed E-state index contributed by atoms with van der Waals surface area (Å²) >= 11 is 3.48. The molecule has 3 N–H and O–H groups in total. The number of nitrogens with one attached hydrogen (secondary N) is 3. The average Bonchev–Trinajstić information content (AvgIpc) is 3.21. The fraction of sp³-hybridized carbons (Fsp3) is 0.150. The highest BCUT2D eigenvalue weighted by atomic mass is 79.9. The molecule has 2 heterocycles. The molecule has 0 saturated heterocycles. The first-order chi connectivity index (χ1) is 14.7. The Balaban J connectivity index is 1.82. The number of nitrogens with zero attached hydrogens (tertiary/aromatic N) is 3. The van der Waals surface area contributed by atoms with Crippen molar-refractivity contribution in [1.82, 2.24) is 19.7 Å². The van der Waals surface area contributed by atoms with Crippen LogP contribution in [0, 0.1) is 30.9 Å². The van der Waals surface area contributed by atoms with E-state index in [2.05, 4.69) is 36.0 Å². The molecule has 0 aliphatic heterocycles. The lowest BCUT2D eigenvalue weighted by atomic mass is 10.1. The van der Waals surface area contributed by atoms with E-state index in [1.807, 2.05) is 26.0 Å². The van der Waals surface area contributed by atoms with E-state index in [0.29, 0.717) is 22.4 Å². The lowest BCUT2D eigenvalue weighted by Crippen LogP contribution is -2.18. The quantitative estimate of drug-likeness (QED) is 0.230. The fourth-order valence-corrected chi connectivity index (χ4v) is 3.77. The Kier molecular flexibility index (Phi) is 4.97. The van der Waals surface area contributed by atoms with Crippen LogP contribution in [0.15, 0.2) is 43.3 Å². The van der Waals surface area contributed by atoms with Gasteiger partial charge in [0.05, 0.1) is 27.2 Å². The number of hydrogen-bond acceptors (Lipinski definition) is 5. The smallest absolute Gasteiger partial charge is 0.306 e. The number of aliphatic imine (C=N–C) groups is 1. The van der Waals surface area contributed by atoms with Crippen LogP contribution in [0.3, 0.4) is 0 Å². The number of halogens is 1. The van der Waals surface area contributed by atoms with Gasteiger partial charge in [0.15, 0.2) is 0 Å². The third kappa shape index (κ3) is 3.52. The molecule has 158 valence electrons. The summed E-state index contributed by atoms with van der Waals surface area (Å²) < 4.78 is 2.37. The summed E-state index contributed by atoms with van der Waals surface area (Å²) in [5.74, 6) is 0. The molecule has 0 amide bonds. The van der Waals surface area contributed by atoms with Crippen molar-refractivity contribution >= 4 is 44.6 Å². The van der Waals surface area contributed by atoms with Crippen LogP contribution in [-0.2, 0) is 0 Å². The zero-order valence-corrected chi connectivity index (χ0v) is 18.3. The van der Waals surface area contributed by atoms with Crippen molar-refractivity contribution in [2.75, 3.05) is 0 Å². The molecule has 0 unspecified atom stereocenters. The predicted molar refractivity (Wildman–Crippen MR) is 121 cm³/mol. The van der Waals surface area contributed by atoms with Crippen LogP contribution in [0.25, 0.3) is 16.7 Å². The minimum absolute atomic E-state index is 0.0231. The first kappa shape index (κ1) is 20.5. The van der Waals surface area contributed by atoms with Gasteiger partial charge in [-0.2, -0.15) is 0 Å². The number of aryl methyl sites for hydroxylation is 1. The largest absolute Gasteiger partial charge is 0.323 e. The molecule has 0 spiro atoms. The van der Waals surface area contributed by atoms with Crippen molar-refractivity contribution < 1.29 is 4.92 Å². The summed E-state index contributed by atoms with van der Waals surface area (Å²) in [6.45, 7) is 5.59. The number of rotatable bonds is 4. The SMILES string of the molecule is Cc1[nH]n(-c2ccc(Br)c(C)c2C)c(=O)c1C=Nc1cc2[nH]c(=O)[nH]c2cc1[N+](=O)[O-]. The fourth-order valence-electron chi connectivity index (χ4n) is 3.34. The molecule has 10 nitrogen and oxygen atoms in total. The van der Waals surface area contributed by atoms with Gasteiger partial charge in [-0.05, 0) is 50.1 Å².